The Balaban J connectivity index is 1.68. The van der Waals surface area contributed by atoms with E-state index in [0.29, 0.717) is 5.56 Å². The second-order valence-corrected chi connectivity index (χ2v) is 6.20. The Morgan fingerprint density at radius 2 is 1.75 bits per heavy atom. The van der Waals surface area contributed by atoms with Crippen molar-refractivity contribution in [1.82, 2.24) is 10.3 Å². The van der Waals surface area contributed by atoms with Crippen LogP contribution < -0.4 is 10.6 Å². The first-order chi connectivity index (χ1) is 11.6. The van der Waals surface area contributed by atoms with E-state index in [1.165, 1.54) is 12.3 Å². The third-order valence-corrected chi connectivity index (χ3v) is 4.25. The molecule has 5 nitrogen and oxygen atoms in total. The predicted molar refractivity (Wildman–Crippen MR) is 93.1 cm³/mol. The largest absolute Gasteiger partial charge is 0.348 e. The van der Waals surface area contributed by atoms with Crippen LogP contribution in [0.2, 0.25) is 0 Å². The molecule has 1 aromatic carbocycles. The van der Waals surface area contributed by atoms with Gasteiger partial charge in [-0.3, -0.25) is 14.6 Å². The number of benzene rings is 1. The van der Waals surface area contributed by atoms with Crippen molar-refractivity contribution in [2.45, 2.75) is 38.6 Å². The molecule has 0 spiro atoms. The number of aromatic nitrogens is 1. The zero-order valence-electron chi connectivity index (χ0n) is 13.7. The van der Waals surface area contributed by atoms with Crippen molar-refractivity contribution >= 4 is 17.5 Å². The van der Waals surface area contributed by atoms with Crippen molar-refractivity contribution in [2.24, 2.45) is 0 Å². The summed E-state index contributed by atoms with van der Waals surface area (Å²) < 4.78 is 0. The summed E-state index contributed by atoms with van der Waals surface area (Å²) in [6.07, 6.45) is 5.82. The molecule has 124 valence electrons. The molecule has 0 radical (unpaired) electrons. The van der Waals surface area contributed by atoms with Crippen molar-refractivity contribution in [1.29, 1.82) is 0 Å². The van der Waals surface area contributed by atoms with Crippen molar-refractivity contribution < 1.29 is 9.59 Å². The van der Waals surface area contributed by atoms with Gasteiger partial charge in [-0.15, -0.1) is 0 Å². The average Bonchev–Trinajstić information content (AvgIpc) is 3.10. The summed E-state index contributed by atoms with van der Waals surface area (Å²) in [5.74, 6) is -0.469. The minimum absolute atomic E-state index is 0.216. The Kier molecular flexibility index (Phi) is 4.89. The Morgan fingerprint density at radius 1 is 1.04 bits per heavy atom. The summed E-state index contributed by atoms with van der Waals surface area (Å²) in [6.45, 7) is 1.99. The smallest absolute Gasteiger partial charge is 0.270 e. The number of anilines is 1. The molecule has 24 heavy (non-hydrogen) atoms. The van der Waals surface area contributed by atoms with Crippen LogP contribution >= 0.6 is 0 Å². The zero-order valence-corrected chi connectivity index (χ0v) is 13.7. The van der Waals surface area contributed by atoms with Crippen LogP contribution in [0, 0.1) is 6.92 Å². The molecule has 1 aliphatic rings. The van der Waals surface area contributed by atoms with E-state index in [9.17, 15) is 9.59 Å². The summed E-state index contributed by atoms with van der Waals surface area (Å²) in [5, 5.41) is 5.81. The number of aryl methyl sites for hydroxylation is 1. The van der Waals surface area contributed by atoms with Gasteiger partial charge in [0.25, 0.3) is 11.8 Å². The average molecular weight is 323 g/mol. The summed E-state index contributed by atoms with van der Waals surface area (Å²) in [6, 6.07) is 10.9. The second kappa shape index (κ2) is 7.25. The van der Waals surface area contributed by atoms with Gasteiger partial charge < -0.3 is 10.6 Å². The van der Waals surface area contributed by atoms with E-state index in [-0.39, 0.29) is 23.6 Å². The Hall–Kier alpha value is -2.69. The van der Waals surface area contributed by atoms with Gasteiger partial charge in [-0.1, -0.05) is 30.5 Å². The molecule has 2 N–H and O–H groups in total. The first kappa shape index (κ1) is 16.2. The monoisotopic (exact) mass is 323 g/mol. The topological polar surface area (TPSA) is 71.1 Å². The van der Waals surface area contributed by atoms with E-state index >= 15 is 0 Å². The number of carbonyl (C=O) groups is 2. The number of hydrogen-bond donors (Lipinski definition) is 2. The number of pyridine rings is 1. The molecule has 0 atom stereocenters. The molecule has 0 unspecified atom stereocenters. The molecule has 2 amide bonds. The highest BCUT2D eigenvalue weighted by Gasteiger charge is 2.19. The molecule has 0 saturated heterocycles. The molecule has 0 bridgehead atoms. The summed E-state index contributed by atoms with van der Waals surface area (Å²) in [7, 11) is 0. The van der Waals surface area contributed by atoms with E-state index < -0.39 is 0 Å². The quantitative estimate of drug-likeness (QED) is 0.907. The lowest BCUT2D eigenvalue weighted by atomic mass is 10.1. The summed E-state index contributed by atoms with van der Waals surface area (Å²) in [5.41, 5.74) is 2.54. The third-order valence-electron chi connectivity index (χ3n) is 4.25. The third kappa shape index (κ3) is 3.98. The molecular formula is C19H21N3O2. The zero-order chi connectivity index (χ0) is 16.9. The molecule has 0 aliphatic heterocycles. The molecular weight excluding hydrogens is 302 g/mol. The number of nitrogens with one attached hydrogen (secondary N) is 2. The Bertz CT molecular complexity index is 735. The SMILES string of the molecule is Cc1ccc(NC(=O)c2ccnc(C(=O)NC3CCCC3)c2)cc1. The lowest BCUT2D eigenvalue weighted by Crippen LogP contribution is -2.33. The van der Waals surface area contributed by atoms with Crippen molar-refractivity contribution in [3.05, 3.63) is 59.4 Å². The van der Waals surface area contributed by atoms with Gasteiger partial charge >= 0.3 is 0 Å². The molecule has 1 saturated carbocycles. The number of carbonyl (C=O) groups excluding carboxylic acids is 2. The Labute approximate surface area is 141 Å². The van der Waals surface area contributed by atoms with Crippen LogP contribution in [0.3, 0.4) is 0 Å². The van der Waals surface area contributed by atoms with Crippen LogP contribution in [0.4, 0.5) is 5.69 Å². The van der Waals surface area contributed by atoms with Crippen molar-refractivity contribution in [3.63, 3.8) is 0 Å². The summed E-state index contributed by atoms with van der Waals surface area (Å²) in [4.78, 5) is 28.7. The van der Waals surface area contributed by atoms with Crippen LogP contribution in [-0.4, -0.2) is 22.8 Å². The first-order valence-corrected chi connectivity index (χ1v) is 8.27. The van der Waals surface area contributed by atoms with Crippen LogP contribution in [0.5, 0.6) is 0 Å². The number of nitrogens with zero attached hydrogens (tertiary/aromatic N) is 1. The lowest BCUT2D eigenvalue weighted by molar-refractivity contribution is 0.0933. The number of rotatable bonds is 4. The maximum atomic E-state index is 12.3. The standard InChI is InChI=1S/C19H21N3O2/c1-13-6-8-16(9-7-13)21-18(23)14-10-11-20-17(12-14)19(24)22-15-4-2-3-5-15/h6-12,15H,2-5H2,1H3,(H,21,23)(H,22,24). The van der Waals surface area contributed by atoms with Gasteiger partial charge in [0.05, 0.1) is 0 Å². The molecule has 1 fully saturated rings. The highest BCUT2D eigenvalue weighted by atomic mass is 16.2. The van der Waals surface area contributed by atoms with Gasteiger partial charge in [-0.2, -0.15) is 0 Å². The van der Waals surface area contributed by atoms with Crippen molar-refractivity contribution in [2.75, 3.05) is 5.32 Å². The van der Waals surface area contributed by atoms with Gasteiger partial charge in [0, 0.05) is 23.5 Å². The minimum Gasteiger partial charge on any atom is -0.348 e. The summed E-state index contributed by atoms with van der Waals surface area (Å²) >= 11 is 0. The molecule has 5 heteroatoms. The van der Waals surface area contributed by atoms with Gasteiger partial charge in [-0.25, -0.2) is 0 Å². The highest BCUT2D eigenvalue weighted by molar-refractivity contribution is 6.05. The minimum atomic E-state index is -0.254. The number of amides is 2. The molecule has 1 aromatic heterocycles. The number of hydrogen-bond acceptors (Lipinski definition) is 3. The van der Waals surface area contributed by atoms with E-state index in [2.05, 4.69) is 15.6 Å². The van der Waals surface area contributed by atoms with Crippen molar-refractivity contribution in [3.8, 4) is 0 Å². The second-order valence-electron chi connectivity index (χ2n) is 6.20. The van der Waals surface area contributed by atoms with E-state index in [0.717, 1.165) is 36.9 Å². The van der Waals surface area contributed by atoms with Gasteiger partial charge in [0.2, 0.25) is 0 Å². The molecule has 2 aromatic rings. The fourth-order valence-electron chi connectivity index (χ4n) is 2.87. The Morgan fingerprint density at radius 3 is 2.46 bits per heavy atom. The normalized spacial score (nSPS) is 14.4. The van der Waals surface area contributed by atoms with Crippen LogP contribution in [0.1, 0.15) is 52.1 Å². The van der Waals surface area contributed by atoms with E-state index in [1.807, 2.05) is 31.2 Å². The van der Waals surface area contributed by atoms with Crippen LogP contribution in [-0.2, 0) is 0 Å². The highest BCUT2D eigenvalue weighted by Crippen LogP contribution is 2.18. The first-order valence-electron chi connectivity index (χ1n) is 8.27. The van der Waals surface area contributed by atoms with Crippen LogP contribution in [0.25, 0.3) is 0 Å². The van der Waals surface area contributed by atoms with E-state index in [1.54, 1.807) is 6.07 Å². The van der Waals surface area contributed by atoms with Gasteiger partial charge in [0.1, 0.15) is 5.69 Å². The maximum absolute atomic E-state index is 12.3. The van der Waals surface area contributed by atoms with E-state index in [4.69, 9.17) is 0 Å². The maximum Gasteiger partial charge on any atom is 0.270 e. The lowest BCUT2D eigenvalue weighted by Gasteiger charge is -2.12. The fraction of sp³-hybridized carbons (Fsp3) is 0.316. The van der Waals surface area contributed by atoms with Crippen LogP contribution in [0.15, 0.2) is 42.6 Å². The molecule has 1 aliphatic carbocycles. The van der Waals surface area contributed by atoms with Gasteiger partial charge in [-0.05, 0) is 44.0 Å². The molecule has 3 rings (SSSR count). The van der Waals surface area contributed by atoms with Gasteiger partial charge in [0.15, 0.2) is 0 Å². The fourth-order valence-corrected chi connectivity index (χ4v) is 2.87. The predicted octanol–water partition coefficient (Wildman–Crippen LogP) is 3.31. The molecule has 1 heterocycles.